The lowest BCUT2D eigenvalue weighted by molar-refractivity contribution is 0.672. The van der Waals surface area contributed by atoms with Crippen molar-refractivity contribution in [1.29, 1.82) is 0 Å². The van der Waals surface area contributed by atoms with E-state index in [1.807, 2.05) is 24.4 Å². The first-order valence-corrected chi connectivity index (χ1v) is 7.39. The van der Waals surface area contributed by atoms with Gasteiger partial charge in [-0.3, -0.25) is 0 Å². The van der Waals surface area contributed by atoms with Gasteiger partial charge < -0.3 is 16.0 Å². The minimum absolute atomic E-state index is 0.716. The van der Waals surface area contributed by atoms with Gasteiger partial charge in [0.2, 0.25) is 0 Å². The van der Waals surface area contributed by atoms with Gasteiger partial charge in [-0.15, -0.1) is 0 Å². The summed E-state index contributed by atoms with van der Waals surface area (Å²) < 4.78 is 0. The van der Waals surface area contributed by atoms with Gasteiger partial charge in [0.1, 0.15) is 0 Å². The molecule has 1 aliphatic rings. The summed E-state index contributed by atoms with van der Waals surface area (Å²) in [7, 11) is 0. The molecule has 0 spiro atoms. The summed E-state index contributed by atoms with van der Waals surface area (Å²) in [6.07, 6.45) is 6.49. The molecule has 0 bridgehead atoms. The summed E-state index contributed by atoms with van der Waals surface area (Å²) in [5.41, 5.74) is 10.3. The number of hydrogen-bond acceptors (Lipinski definition) is 4. The van der Waals surface area contributed by atoms with Gasteiger partial charge in [-0.1, -0.05) is 17.7 Å². The summed E-state index contributed by atoms with van der Waals surface area (Å²) in [6.45, 7) is 4.08. The van der Waals surface area contributed by atoms with Gasteiger partial charge >= 0.3 is 0 Å². The Morgan fingerprint density at radius 3 is 2.71 bits per heavy atom. The lowest BCUT2D eigenvalue weighted by Gasteiger charge is -2.30. The number of piperidine rings is 1. The third-order valence-electron chi connectivity index (χ3n) is 3.81. The SMILES string of the molecule is Cc1ccc(Nc2nccc(N3C[CH]CCC3)c2N)cc1. The first kappa shape index (κ1) is 13.7. The predicted molar refractivity (Wildman–Crippen MR) is 88.9 cm³/mol. The highest BCUT2D eigenvalue weighted by Gasteiger charge is 2.16. The van der Waals surface area contributed by atoms with E-state index in [1.165, 1.54) is 18.4 Å². The van der Waals surface area contributed by atoms with Gasteiger partial charge in [0.25, 0.3) is 0 Å². The Hall–Kier alpha value is -2.23. The van der Waals surface area contributed by atoms with Crippen molar-refractivity contribution in [1.82, 2.24) is 4.98 Å². The fourth-order valence-electron chi connectivity index (χ4n) is 2.60. The number of nitrogens with two attached hydrogens (primary N) is 1. The van der Waals surface area contributed by atoms with Gasteiger partial charge in [0, 0.05) is 25.0 Å². The summed E-state index contributed by atoms with van der Waals surface area (Å²) in [5.74, 6) is 0.724. The molecular weight excluding hydrogens is 260 g/mol. The lowest BCUT2D eigenvalue weighted by atomic mass is 10.1. The Balaban J connectivity index is 1.84. The van der Waals surface area contributed by atoms with E-state index in [4.69, 9.17) is 5.73 Å². The molecule has 0 aliphatic carbocycles. The van der Waals surface area contributed by atoms with E-state index in [0.29, 0.717) is 5.69 Å². The predicted octanol–water partition coefficient (Wildman–Crippen LogP) is 3.52. The molecule has 0 unspecified atom stereocenters. The highest BCUT2D eigenvalue weighted by Crippen LogP contribution is 2.31. The monoisotopic (exact) mass is 281 g/mol. The average Bonchev–Trinajstić information content (AvgIpc) is 2.52. The maximum Gasteiger partial charge on any atom is 0.155 e. The van der Waals surface area contributed by atoms with E-state index in [-0.39, 0.29) is 0 Å². The molecule has 2 heterocycles. The van der Waals surface area contributed by atoms with Gasteiger partial charge in [-0.05, 0) is 44.4 Å². The smallest absolute Gasteiger partial charge is 0.155 e. The Kier molecular flexibility index (Phi) is 3.95. The van der Waals surface area contributed by atoms with Crippen LogP contribution in [0.4, 0.5) is 22.9 Å². The van der Waals surface area contributed by atoms with Crippen LogP contribution in [0, 0.1) is 13.3 Å². The van der Waals surface area contributed by atoms with E-state index >= 15 is 0 Å². The Labute approximate surface area is 126 Å². The van der Waals surface area contributed by atoms with Crippen molar-refractivity contribution in [3.8, 4) is 0 Å². The molecule has 1 radical (unpaired) electrons. The molecule has 2 aromatic rings. The molecule has 1 aromatic carbocycles. The van der Waals surface area contributed by atoms with E-state index in [0.717, 1.165) is 30.3 Å². The average molecular weight is 281 g/mol. The van der Waals surface area contributed by atoms with Crippen LogP contribution in [0.25, 0.3) is 0 Å². The number of nitrogen functional groups attached to an aromatic ring is 1. The molecule has 3 N–H and O–H groups in total. The third-order valence-corrected chi connectivity index (χ3v) is 3.81. The van der Waals surface area contributed by atoms with Crippen LogP contribution < -0.4 is 16.0 Å². The molecule has 1 saturated heterocycles. The quantitative estimate of drug-likeness (QED) is 0.904. The van der Waals surface area contributed by atoms with E-state index < -0.39 is 0 Å². The second-order valence-corrected chi connectivity index (χ2v) is 5.46. The van der Waals surface area contributed by atoms with Crippen molar-refractivity contribution >= 4 is 22.9 Å². The molecule has 21 heavy (non-hydrogen) atoms. The normalized spacial score (nSPS) is 15.0. The molecule has 3 rings (SSSR count). The maximum absolute atomic E-state index is 6.31. The van der Waals surface area contributed by atoms with Gasteiger partial charge in [-0.2, -0.15) is 0 Å². The molecule has 109 valence electrons. The number of aryl methyl sites for hydroxylation is 1. The first-order chi connectivity index (χ1) is 10.2. The van der Waals surface area contributed by atoms with E-state index in [2.05, 4.69) is 40.7 Å². The zero-order valence-electron chi connectivity index (χ0n) is 12.3. The first-order valence-electron chi connectivity index (χ1n) is 7.39. The number of nitrogens with one attached hydrogen (secondary N) is 1. The van der Waals surface area contributed by atoms with Crippen molar-refractivity contribution in [3.05, 3.63) is 48.5 Å². The van der Waals surface area contributed by atoms with Crippen molar-refractivity contribution in [2.24, 2.45) is 0 Å². The van der Waals surface area contributed by atoms with Crippen LogP contribution in [0.5, 0.6) is 0 Å². The van der Waals surface area contributed by atoms with Gasteiger partial charge in [0.15, 0.2) is 5.82 Å². The molecule has 0 atom stereocenters. The summed E-state index contributed by atoms with van der Waals surface area (Å²) in [6, 6.07) is 10.2. The Bertz CT molecular complexity index is 601. The van der Waals surface area contributed by atoms with Crippen LogP contribution in [0.3, 0.4) is 0 Å². The van der Waals surface area contributed by atoms with Crippen molar-refractivity contribution in [3.63, 3.8) is 0 Å². The number of benzene rings is 1. The molecular formula is C17H21N4. The molecule has 0 saturated carbocycles. The van der Waals surface area contributed by atoms with Crippen molar-refractivity contribution in [2.45, 2.75) is 19.8 Å². The Morgan fingerprint density at radius 2 is 2.00 bits per heavy atom. The lowest BCUT2D eigenvalue weighted by Crippen LogP contribution is -2.30. The van der Waals surface area contributed by atoms with E-state index in [1.54, 1.807) is 0 Å². The number of hydrogen-bond donors (Lipinski definition) is 2. The highest BCUT2D eigenvalue weighted by molar-refractivity contribution is 5.81. The second-order valence-electron chi connectivity index (χ2n) is 5.46. The number of pyridine rings is 1. The minimum Gasteiger partial charge on any atom is -0.394 e. The summed E-state index contributed by atoms with van der Waals surface area (Å²) >= 11 is 0. The van der Waals surface area contributed by atoms with Gasteiger partial charge in [0.05, 0.1) is 11.4 Å². The molecule has 1 aromatic heterocycles. The Morgan fingerprint density at radius 1 is 1.19 bits per heavy atom. The standard InChI is InChI=1S/C17H21N4/c1-13-5-7-14(8-6-13)20-17-16(18)15(9-10-19-17)21-11-3-2-4-12-21/h3,5-10H,2,4,11-12,18H2,1H3,(H,19,20). The largest absolute Gasteiger partial charge is 0.394 e. The van der Waals surface area contributed by atoms with Gasteiger partial charge in [-0.25, -0.2) is 4.98 Å². The number of anilines is 4. The van der Waals surface area contributed by atoms with Crippen molar-refractivity contribution in [2.75, 3.05) is 29.0 Å². The van der Waals surface area contributed by atoms with Crippen molar-refractivity contribution < 1.29 is 0 Å². The minimum atomic E-state index is 0.716. The van der Waals surface area contributed by atoms with Crippen LogP contribution in [-0.2, 0) is 0 Å². The van der Waals surface area contributed by atoms with Crippen LogP contribution in [0.1, 0.15) is 18.4 Å². The zero-order chi connectivity index (χ0) is 14.7. The molecule has 1 aliphatic heterocycles. The molecule has 4 nitrogen and oxygen atoms in total. The van der Waals surface area contributed by atoms with E-state index in [9.17, 15) is 0 Å². The molecule has 4 heteroatoms. The molecule has 0 amide bonds. The maximum atomic E-state index is 6.31. The third kappa shape index (κ3) is 3.10. The fraction of sp³-hybridized carbons (Fsp3) is 0.294. The number of rotatable bonds is 3. The topological polar surface area (TPSA) is 54.2 Å². The number of aromatic nitrogens is 1. The van der Waals surface area contributed by atoms with Crippen LogP contribution in [-0.4, -0.2) is 18.1 Å². The second kappa shape index (κ2) is 6.04. The van der Waals surface area contributed by atoms with Crippen LogP contribution in [0.2, 0.25) is 0 Å². The zero-order valence-corrected chi connectivity index (χ0v) is 12.3. The van der Waals surface area contributed by atoms with Crippen LogP contribution in [0.15, 0.2) is 36.5 Å². The van der Waals surface area contributed by atoms with Crippen LogP contribution >= 0.6 is 0 Å². The number of nitrogens with zero attached hydrogens (tertiary/aromatic N) is 2. The summed E-state index contributed by atoms with van der Waals surface area (Å²) in [5, 5.41) is 3.31. The highest BCUT2D eigenvalue weighted by atomic mass is 15.2. The fourth-order valence-corrected chi connectivity index (χ4v) is 2.60. The summed E-state index contributed by atoms with van der Waals surface area (Å²) in [4.78, 5) is 6.68. The molecule has 1 fully saturated rings.